The molecule has 1 saturated heterocycles. The fourth-order valence-corrected chi connectivity index (χ4v) is 4.75. The lowest BCUT2D eigenvalue weighted by Gasteiger charge is -2.20. The standard InChI is InChI=1S/C28H31N5O3/c1-28(2,34)25-15-19(7-11-29-25)31-26-17-22(8-12-30-26)36-21-5-6-24-23(16-21)27(18-9-13-35-14-10-18)32-33(24)20-3-4-20/h5-8,11-12,15-18,20,34H,3-4,9-10,13-14H2,1-2H3,(H,29,30,31). The summed E-state index contributed by atoms with van der Waals surface area (Å²) in [6.07, 6.45) is 7.79. The molecule has 0 spiro atoms. The molecule has 36 heavy (non-hydrogen) atoms. The third kappa shape index (κ3) is 4.79. The second-order valence-electron chi connectivity index (χ2n) is 10.2. The van der Waals surface area contributed by atoms with Gasteiger partial charge < -0.3 is 19.9 Å². The number of aromatic nitrogens is 4. The Morgan fingerprint density at radius 1 is 0.972 bits per heavy atom. The van der Waals surface area contributed by atoms with Crippen LogP contribution in [0.4, 0.5) is 11.5 Å². The fraction of sp³-hybridized carbons (Fsp3) is 0.393. The first-order chi connectivity index (χ1) is 17.4. The Kier molecular flexibility index (Phi) is 5.85. The first-order valence-corrected chi connectivity index (χ1v) is 12.6. The minimum Gasteiger partial charge on any atom is -0.457 e. The number of fused-ring (bicyclic) bond motifs is 1. The number of nitrogens with zero attached hydrogens (tertiary/aromatic N) is 4. The van der Waals surface area contributed by atoms with Crippen molar-refractivity contribution >= 4 is 22.4 Å². The topological polar surface area (TPSA) is 94.3 Å². The Hall–Kier alpha value is -3.49. The van der Waals surface area contributed by atoms with E-state index < -0.39 is 5.60 Å². The number of aliphatic hydroxyl groups is 1. The van der Waals surface area contributed by atoms with Crippen LogP contribution >= 0.6 is 0 Å². The molecule has 0 amide bonds. The van der Waals surface area contributed by atoms with E-state index in [4.69, 9.17) is 14.6 Å². The zero-order valence-corrected chi connectivity index (χ0v) is 20.6. The summed E-state index contributed by atoms with van der Waals surface area (Å²) in [5.74, 6) is 2.52. The van der Waals surface area contributed by atoms with Crippen LogP contribution in [0, 0.1) is 0 Å². The van der Waals surface area contributed by atoms with Crippen LogP contribution < -0.4 is 10.1 Å². The van der Waals surface area contributed by atoms with Gasteiger partial charge >= 0.3 is 0 Å². The second-order valence-corrected chi connectivity index (χ2v) is 10.2. The maximum Gasteiger partial charge on any atom is 0.134 e. The average Bonchev–Trinajstić information content (AvgIpc) is 3.65. The smallest absolute Gasteiger partial charge is 0.134 e. The van der Waals surface area contributed by atoms with E-state index in [9.17, 15) is 5.11 Å². The highest BCUT2D eigenvalue weighted by Crippen LogP contribution is 2.41. The molecule has 8 nitrogen and oxygen atoms in total. The Balaban J connectivity index is 1.26. The summed E-state index contributed by atoms with van der Waals surface area (Å²) in [6, 6.07) is 14.2. The summed E-state index contributed by atoms with van der Waals surface area (Å²) in [6.45, 7) is 5.01. The molecule has 1 aliphatic carbocycles. The number of hydrogen-bond acceptors (Lipinski definition) is 7. The van der Waals surface area contributed by atoms with E-state index in [2.05, 4.69) is 32.1 Å². The summed E-state index contributed by atoms with van der Waals surface area (Å²) in [4.78, 5) is 8.68. The first-order valence-electron chi connectivity index (χ1n) is 12.6. The number of pyridine rings is 2. The van der Waals surface area contributed by atoms with Gasteiger partial charge in [0.2, 0.25) is 0 Å². The maximum atomic E-state index is 10.3. The Labute approximate surface area is 210 Å². The van der Waals surface area contributed by atoms with E-state index in [-0.39, 0.29) is 0 Å². The number of anilines is 2. The number of nitrogens with one attached hydrogen (secondary N) is 1. The van der Waals surface area contributed by atoms with Crippen molar-refractivity contribution in [2.45, 2.75) is 57.1 Å². The molecule has 4 aromatic rings. The molecule has 6 rings (SSSR count). The summed E-state index contributed by atoms with van der Waals surface area (Å²) < 4.78 is 14.1. The predicted octanol–water partition coefficient (Wildman–Crippen LogP) is 5.82. The number of ether oxygens (including phenoxy) is 2. The Bertz CT molecular complexity index is 1380. The minimum absolute atomic E-state index is 0.419. The average molecular weight is 486 g/mol. The predicted molar refractivity (Wildman–Crippen MR) is 138 cm³/mol. The third-order valence-corrected chi connectivity index (χ3v) is 6.83. The number of hydrogen-bond donors (Lipinski definition) is 2. The van der Waals surface area contributed by atoms with Crippen LogP contribution in [0.25, 0.3) is 10.9 Å². The van der Waals surface area contributed by atoms with Gasteiger partial charge in [-0.15, -0.1) is 0 Å². The monoisotopic (exact) mass is 485 g/mol. The molecule has 2 fully saturated rings. The lowest BCUT2D eigenvalue weighted by Crippen LogP contribution is -2.17. The van der Waals surface area contributed by atoms with Crippen molar-refractivity contribution in [3.63, 3.8) is 0 Å². The molecule has 0 unspecified atom stereocenters. The van der Waals surface area contributed by atoms with Gasteiger partial charge in [0, 0.05) is 48.7 Å². The summed E-state index contributed by atoms with van der Waals surface area (Å²) in [5.41, 5.74) is 2.71. The van der Waals surface area contributed by atoms with Crippen molar-refractivity contribution in [2.75, 3.05) is 18.5 Å². The fourth-order valence-electron chi connectivity index (χ4n) is 4.75. The van der Waals surface area contributed by atoms with Crippen molar-refractivity contribution in [1.82, 2.24) is 19.7 Å². The van der Waals surface area contributed by atoms with Gasteiger partial charge in [-0.2, -0.15) is 5.10 Å². The van der Waals surface area contributed by atoms with Crippen molar-refractivity contribution in [3.05, 3.63) is 66.2 Å². The Morgan fingerprint density at radius 2 is 1.75 bits per heavy atom. The van der Waals surface area contributed by atoms with Crippen LogP contribution in [0.15, 0.2) is 54.9 Å². The van der Waals surface area contributed by atoms with Gasteiger partial charge in [-0.05, 0) is 75.9 Å². The quantitative estimate of drug-likeness (QED) is 0.341. The highest BCUT2D eigenvalue weighted by molar-refractivity contribution is 5.84. The summed E-state index contributed by atoms with van der Waals surface area (Å²) in [7, 11) is 0. The van der Waals surface area contributed by atoms with E-state index in [1.54, 1.807) is 26.2 Å². The molecule has 4 heterocycles. The number of benzene rings is 1. The summed E-state index contributed by atoms with van der Waals surface area (Å²) in [5, 5.41) is 19.8. The van der Waals surface area contributed by atoms with Crippen LogP contribution in [0.1, 0.15) is 62.9 Å². The molecule has 0 atom stereocenters. The molecule has 2 N–H and O–H groups in total. The van der Waals surface area contributed by atoms with E-state index in [0.717, 1.165) is 37.5 Å². The molecule has 0 radical (unpaired) electrons. The van der Waals surface area contributed by atoms with Crippen molar-refractivity contribution in [1.29, 1.82) is 0 Å². The van der Waals surface area contributed by atoms with Crippen molar-refractivity contribution in [3.8, 4) is 11.5 Å². The molecule has 8 heteroatoms. The Morgan fingerprint density at radius 3 is 2.53 bits per heavy atom. The number of rotatable bonds is 7. The highest BCUT2D eigenvalue weighted by atomic mass is 16.5. The maximum absolute atomic E-state index is 10.3. The zero-order valence-electron chi connectivity index (χ0n) is 20.6. The molecule has 186 valence electrons. The lowest BCUT2D eigenvalue weighted by molar-refractivity contribution is 0.0739. The van der Waals surface area contributed by atoms with Gasteiger partial charge in [0.25, 0.3) is 0 Å². The SMILES string of the molecule is CC(C)(O)c1cc(Nc2cc(Oc3ccc4c(c3)c(C3CCOCC3)nn4C3CC3)ccn2)ccn1. The molecule has 2 aliphatic rings. The molecule has 1 aromatic carbocycles. The molecular weight excluding hydrogens is 454 g/mol. The lowest BCUT2D eigenvalue weighted by atomic mass is 9.94. The molecule has 1 aliphatic heterocycles. The van der Waals surface area contributed by atoms with E-state index >= 15 is 0 Å². The van der Waals surface area contributed by atoms with Gasteiger partial charge in [0.15, 0.2) is 0 Å². The molecular formula is C28H31N5O3. The van der Waals surface area contributed by atoms with Crippen LogP contribution in [0.3, 0.4) is 0 Å². The van der Waals surface area contributed by atoms with E-state index in [1.165, 1.54) is 29.4 Å². The summed E-state index contributed by atoms with van der Waals surface area (Å²) >= 11 is 0. The molecule has 1 saturated carbocycles. The third-order valence-electron chi connectivity index (χ3n) is 6.83. The van der Waals surface area contributed by atoms with Crippen LogP contribution in [-0.2, 0) is 10.3 Å². The van der Waals surface area contributed by atoms with Crippen molar-refractivity contribution in [2.24, 2.45) is 0 Å². The normalized spacial score (nSPS) is 16.9. The van der Waals surface area contributed by atoms with Gasteiger partial charge in [0.05, 0.1) is 22.9 Å². The van der Waals surface area contributed by atoms with E-state index in [0.29, 0.717) is 29.2 Å². The highest BCUT2D eigenvalue weighted by Gasteiger charge is 2.30. The van der Waals surface area contributed by atoms with Crippen molar-refractivity contribution < 1.29 is 14.6 Å². The van der Waals surface area contributed by atoms with Gasteiger partial charge in [-0.1, -0.05) is 0 Å². The van der Waals surface area contributed by atoms with Gasteiger partial charge in [-0.3, -0.25) is 9.67 Å². The van der Waals surface area contributed by atoms with Gasteiger partial charge in [0.1, 0.15) is 22.9 Å². The van der Waals surface area contributed by atoms with Crippen LogP contribution in [-0.4, -0.2) is 38.1 Å². The zero-order chi connectivity index (χ0) is 24.7. The van der Waals surface area contributed by atoms with E-state index in [1.807, 2.05) is 30.3 Å². The first kappa shape index (κ1) is 22.9. The second kappa shape index (κ2) is 9.19. The molecule has 3 aromatic heterocycles. The van der Waals surface area contributed by atoms with Crippen LogP contribution in [0.2, 0.25) is 0 Å². The van der Waals surface area contributed by atoms with Crippen LogP contribution in [0.5, 0.6) is 11.5 Å². The van der Waals surface area contributed by atoms with Gasteiger partial charge in [-0.25, -0.2) is 4.98 Å². The molecule has 0 bridgehead atoms. The minimum atomic E-state index is -1.02. The largest absolute Gasteiger partial charge is 0.457 e.